The Balaban J connectivity index is 1.62. The van der Waals surface area contributed by atoms with Crippen LogP contribution in [0.25, 0.3) is 0 Å². The van der Waals surface area contributed by atoms with Gasteiger partial charge in [0.25, 0.3) is 5.91 Å². The number of rotatable bonds is 8. The van der Waals surface area contributed by atoms with Crippen molar-refractivity contribution >= 4 is 29.2 Å². The first-order valence-corrected chi connectivity index (χ1v) is 11.6. The fourth-order valence-corrected chi connectivity index (χ4v) is 3.88. The van der Waals surface area contributed by atoms with Crippen LogP contribution in [0.15, 0.2) is 84.6 Å². The van der Waals surface area contributed by atoms with Crippen LogP contribution in [0.2, 0.25) is 0 Å². The fraction of sp³-hybridized carbons (Fsp3) is 0.179. The van der Waals surface area contributed by atoms with Crippen LogP contribution in [0, 0.1) is 0 Å². The number of aromatic hydroxyl groups is 1. The van der Waals surface area contributed by atoms with Crippen LogP contribution in [0.5, 0.6) is 5.75 Å². The molecule has 0 spiro atoms. The molecule has 184 valence electrons. The van der Waals surface area contributed by atoms with Gasteiger partial charge in [-0.1, -0.05) is 12.1 Å². The van der Waals surface area contributed by atoms with Gasteiger partial charge >= 0.3 is 11.9 Å². The molecule has 4 rings (SSSR count). The molecule has 1 aliphatic rings. The highest BCUT2D eigenvalue weighted by molar-refractivity contribution is 6.11. The number of nitrogens with one attached hydrogen (secondary N) is 1. The number of anilines is 2. The van der Waals surface area contributed by atoms with Crippen LogP contribution in [0.4, 0.5) is 11.4 Å². The molecule has 36 heavy (non-hydrogen) atoms. The minimum atomic E-state index is -0.451. The minimum Gasteiger partial charge on any atom is -0.508 e. The average molecular weight is 487 g/mol. The first-order valence-electron chi connectivity index (χ1n) is 11.6. The zero-order valence-electron chi connectivity index (χ0n) is 19.9. The van der Waals surface area contributed by atoms with E-state index in [1.54, 1.807) is 97.6 Å². The summed E-state index contributed by atoms with van der Waals surface area (Å²) in [5.74, 6) is -0.993. The summed E-state index contributed by atoms with van der Waals surface area (Å²) in [6.07, 6.45) is 1.80. The number of phenols is 1. The topological polar surface area (TPSA) is 105 Å². The minimum absolute atomic E-state index is 0.123. The number of nitrogens with zero attached hydrogens (tertiary/aromatic N) is 1. The standard InChI is InChI=1S/C28H26N2O6/c1-3-35-27(33)19-5-11-21(12-6-19)29-24-17-25(18-9-15-23(31)16-10-18)30(26(24)32)22-13-7-20(8-14-22)28(34)36-4-2/h5-17,25,29,31H,3-4H2,1-2H3. The van der Waals surface area contributed by atoms with E-state index < -0.39 is 18.0 Å². The second-order valence-corrected chi connectivity index (χ2v) is 7.98. The van der Waals surface area contributed by atoms with Gasteiger partial charge in [-0.2, -0.15) is 0 Å². The van der Waals surface area contributed by atoms with E-state index in [-0.39, 0.29) is 24.9 Å². The van der Waals surface area contributed by atoms with Crippen molar-refractivity contribution in [2.24, 2.45) is 0 Å². The van der Waals surface area contributed by atoms with E-state index in [0.717, 1.165) is 5.56 Å². The van der Waals surface area contributed by atoms with Crippen molar-refractivity contribution in [3.05, 3.63) is 101 Å². The predicted octanol–water partition coefficient (Wildman–Crippen LogP) is 4.83. The van der Waals surface area contributed by atoms with E-state index >= 15 is 0 Å². The Labute approximate surface area is 208 Å². The number of benzene rings is 3. The summed E-state index contributed by atoms with van der Waals surface area (Å²) in [4.78, 5) is 39.1. The molecule has 1 atom stereocenters. The Hall–Kier alpha value is -4.59. The average Bonchev–Trinajstić information content (AvgIpc) is 3.21. The molecule has 3 aromatic carbocycles. The van der Waals surface area contributed by atoms with Crippen molar-refractivity contribution in [2.45, 2.75) is 19.9 Å². The molecule has 0 saturated heterocycles. The quantitative estimate of drug-likeness (QED) is 0.440. The van der Waals surface area contributed by atoms with Crippen molar-refractivity contribution < 1.29 is 29.0 Å². The number of phenolic OH excluding ortho intramolecular Hbond substituents is 1. The molecule has 8 heteroatoms. The SMILES string of the molecule is CCOC(=O)c1ccc(NC2=CC(c3ccc(O)cc3)N(c3ccc(C(=O)OCC)cc3)C2=O)cc1. The van der Waals surface area contributed by atoms with Gasteiger partial charge in [0.2, 0.25) is 0 Å². The molecule has 0 saturated carbocycles. The first kappa shape index (κ1) is 24.5. The maximum Gasteiger partial charge on any atom is 0.338 e. The molecule has 0 fully saturated rings. The molecule has 1 unspecified atom stereocenters. The zero-order valence-corrected chi connectivity index (χ0v) is 19.9. The molecule has 0 aromatic heterocycles. The molecule has 2 N–H and O–H groups in total. The summed E-state index contributed by atoms with van der Waals surface area (Å²) in [6, 6.07) is 19.5. The smallest absolute Gasteiger partial charge is 0.338 e. The molecule has 0 radical (unpaired) electrons. The van der Waals surface area contributed by atoms with Gasteiger partial charge in [-0.3, -0.25) is 9.69 Å². The highest BCUT2D eigenvalue weighted by Gasteiger charge is 2.35. The molecule has 8 nitrogen and oxygen atoms in total. The van der Waals surface area contributed by atoms with Crippen molar-refractivity contribution in [3.8, 4) is 5.75 Å². The molecule has 0 aliphatic carbocycles. The Morgan fingerprint density at radius 2 is 1.36 bits per heavy atom. The highest BCUT2D eigenvalue weighted by atomic mass is 16.5. The van der Waals surface area contributed by atoms with Gasteiger partial charge < -0.3 is 19.9 Å². The van der Waals surface area contributed by atoms with Gasteiger partial charge in [0.05, 0.1) is 30.4 Å². The van der Waals surface area contributed by atoms with E-state index in [0.29, 0.717) is 28.2 Å². The van der Waals surface area contributed by atoms with Crippen molar-refractivity contribution in [3.63, 3.8) is 0 Å². The lowest BCUT2D eigenvalue weighted by atomic mass is 10.1. The van der Waals surface area contributed by atoms with Crippen LogP contribution < -0.4 is 10.2 Å². The summed E-state index contributed by atoms with van der Waals surface area (Å²) in [6.45, 7) is 4.04. The number of hydrogen-bond acceptors (Lipinski definition) is 7. The lowest BCUT2D eigenvalue weighted by molar-refractivity contribution is -0.114. The summed E-state index contributed by atoms with van der Waals surface area (Å²) in [7, 11) is 0. The monoisotopic (exact) mass is 486 g/mol. The van der Waals surface area contributed by atoms with Crippen molar-refractivity contribution in [1.82, 2.24) is 0 Å². The number of carbonyl (C=O) groups is 3. The largest absolute Gasteiger partial charge is 0.508 e. The number of ether oxygens (including phenoxy) is 2. The summed E-state index contributed by atoms with van der Waals surface area (Å²) < 4.78 is 10.1. The highest BCUT2D eigenvalue weighted by Crippen LogP contribution is 2.36. The van der Waals surface area contributed by atoms with Gasteiger partial charge in [0.1, 0.15) is 11.4 Å². The third-order valence-electron chi connectivity index (χ3n) is 5.62. The van der Waals surface area contributed by atoms with Gasteiger partial charge in [-0.25, -0.2) is 9.59 Å². The van der Waals surface area contributed by atoms with E-state index in [1.165, 1.54) is 0 Å². The van der Waals surface area contributed by atoms with Gasteiger partial charge in [0.15, 0.2) is 0 Å². The third-order valence-corrected chi connectivity index (χ3v) is 5.62. The molecular formula is C28H26N2O6. The third kappa shape index (κ3) is 5.22. The van der Waals surface area contributed by atoms with Crippen LogP contribution in [0.1, 0.15) is 46.2 Å². The maximum atomic E-state index is 13.5. The normalized spacial score (nSPS) is 14.8. The van der Waals surface area contributed by atoms with Crippen molar-refractivity contribution in [2.75, 3.05) is 23.4 Å². The molecule has 3 aromatic rings. The second-order valence-electron chi connectivity index (χ2n) is 7.98. The van der Waals surface area contributed by atoms with Gasteiger partial charge in [-0.15, -0.1) is 0 Å². The summed E-state index contributed by atoms with van der Waals surface area (Å²) >= 11 is 0. The number of carbonyl (C=O) groups excluding carboxylic acids is 3. The van der Waals surface area contributed by atoms with E-state index in [9.17, 15) is 19.5 Å². The predicted molar refractivity (Wildman–Crippen MR) is 135 cm³/mol. The molecule has 1 aliphatic heterocycles. The fourth-order valence-electron chi connectivity index (χ4n) is 3.88. The molecule has 1 heterocycles. The number of hydrogen-bond donors (Lipinski definition) is 2. The van der Waals surface area contributed by atoms with Gasteiger partial charge in [0, 0.05) is 11.4 Å². The van der Waals surface area contributed by atoms with Crippen molar-refractivity contribution in [1.29, 1.82) is 0 Å². The lowest BCUT2D eigenvalue weighted by Crippen LogP contribution is -2.30. The second kappa shape index (κ2) is 10.8. The molecule has 0 bridgehead atoms. The number of amides is 1. The van der Waals surface area contributed by atoms with E-state index in [1.807, 2.05) is 0 Å². The molecular weight excluding hydrogens is 460 g/mol. The van der Waals surface area contributed by atoms with Gasteiger partial charge in [-0.05, 0) is 86.2 Å². The Kier molecular flexibility index (Phi) is 7.34. The summed E-state index contributed by atoms with van der Waals surface area (Å²) in [5.41, 5.74) is 3.18. The Bertz CT molecular complexity index is 1280. The van der Waals surface area contributed by atoms with E-state index in [4.69, 9.17) is 9.47 Å². The maximum absolute atomic E-state index is 13.5. The van der Waals surface area contributed by atoms with Crippen LogP contribution >= 0.6 is 0 Å². The zero-order chi connectivity index (χ0) is 25.7. The Morgan fingerprint density at radius 1 is 0.833 bits per heavy atom. The van der Waals surface area contributed by atoms with Crippen LogP contribution in [-0.2, 0) is 14.3 Å². The van der Waals surface area contributed by atoms with Crippen LogP contribution in [0.3, 0.4) is 0 Å². The molecule has 1 amide bonds. The lowest BCUT2D eigenvalue weighted by Gasteiger charge is -2.25. The number of esters is 2. The summed E-state index contributed by atoms with van der Waals surface area (Å²) in [5, 5.41) is 12.9. The first-order chi connectivity index (χ1) is 17.4. The van der Waals surface area contributed by atoms with E-state index in [2.05, 4.69) is 5.32 Å². The Morgan fingerprint density at radius 3 is 1.89 bits per heavy atom. The van der Waals surface area contributed by atoms with Crippen LogP contribution in [-0.4, -0.2) is 36.2 Å².